The van der Waals surface area contributed by atoms with Crippen molar-refractivity contribution in [3.63, 3.8) is 0 Å². The van der Waals surface area contributed by atoms with Crippen molar-refractivity contribution in [2.75, 3.05) is 13.1 Å². The van der Waals surface area contributed by atoms with E-state index in [2.05, 4.69) is 5.32 Å². The highest BCUT2D eigenvalue weighted by atomic mass is 32.2. The fourth-order valence-electron chi connectivity index (χ4n) is 3.94. The zero-order valence-corrected chi connectivity index (χ0v) is 18.3. The highest BCUT2D eigenvalue weighted by Crippen LogP contribution is 2.26. The zero-order chi connectivity index (χ0) is 22.2. The monoisotopic (exact) mass is 443 g/mol. The lowest BCUT2D eigenvalue weighted by Gasteiger charge is -2.31. The number of hydrogen-bond donors (Lipinski definition) is 1. The number of nitrogens with zero attached hydrogens (tertiary/aromatic N) is 2. The Morgan fingerprint density at radius 2 is 1.81 bits per heavy atom. The van der Waals surface area contributed by atoms with Crippen LogP contribution in [0.5, 0.6) is 0 Å². The molecule has 2 aromatic carbocycles. The molecule has 1 fully saturated rings. The summed E-state index contributed by atoms with van der Waals surface area (Å²) in [6.45, 7) is 2.46. The van der Waals surface area contributed by atoms with E-state index >= 15 is 0 Å². The van der Waals surface area contributed by atoms with Crippen LogP contribution in [0.1, 0.15) is 31.4 Å². The van der Waals surface area contributed by atoms with Gasteiger partial charge in [0.2, 0.25) is 15.9 Å². The number of carbonyl (C=O) groups is 1. The molecule has 2 heterocycles. The quantitative estimate of drug-likeness (QED) is 0.653. The molecular weight excluding hydrogens is 418 g/mol. The number of piperidine rings is 1. The predicted octanol–water partition coefficient (Wildman–Crippen LogP) is 2.41. The van der Waals surface area contributed by atoms with Crippen LogP contribution in [0.15, 0.2) is 62.6 Å². The molecule has 1 amide bonds. The lowest BCUT2D eigenvalue weighted by atomic mass is 9.96. The highest BCUT2D eigenvalue weighted by Gasteiger charge is 2.33. The van der Waals surface area contributed by atoms with Gasteiger partial charge in [-0.05, 0) is 37.5 Å². The Morgan fingerprint density at radius 3 is 2.48 bits per heavy atom. The Morgan fingerprint density at radius 1 is 1.13 bits per heavy atom. The maximum absolute atomic E-state index is 13.1. The minimum atomic E-state index is -3.74. The smallest absolute Gasteiger partial charge is 0.408 e. The maximum atomic E-state index is 13.1. The molecule has 1 atom stereocenters. The van der Waals surface area contributed by atoms with E-state index in [1.807, 2.05) is 37.3 Å². The van der Waals surface area contributed by atoms with Crippen LogP contribution in [0.4, 0.5) is 0 Å². The summed E-state index contributed by atoms with van der Waals surface area (Å²) in [5.74, 6) is -0.825. The average Bonchev–Trinajstić information content (AvgIpc) is 3.07. The van der Waals surface area contributed by atoms with E-state index in [0.29, 0.717) is 18.4 Å². The second kappa shape index (κ2) is 8.32. The first-order chi connectivity index (χ1) is 14.8. The number of aromatic nitrogens is 1. The van der Waals surface area contributed by atoms with Crippen LogP contribution < -0.4 is 11.1 Å². The summed E-state index contributed by atoms with van der Waals surface area (Å²) in [5, 5.41) is 3.03. The van der Waals surface area contributed by atoms with E-state index in [4.69, 9.17) is 4.42 Å². The third-order valence-corrected chi connectivity index (χ3v) is 7.78. The number of amides is 1. The largest absolute Gasteiger partial charge is 0.419 e. The summed E-state index contributed by atoms with van der Waals surface area (Å²) in [7, 11) is -2.18. The Kier molecular flexibility index (Phi) is 5.72. The molecule has 3 aromatic rings. The van der Waals surface area contributed by atoms with Crippen LogP contribution in [0.2, 0.25) is 0 Å². The fraction of sp³-hybridized carbons (Fsp3) is 0.364. The predicted molar refractivity (Wildman–Crippen MR) is 116 cm³/mol. The molecule has 0 radical (unpaired) electrons. The molecule has 8 nitrogen and oxygen atoms in total. The van der Waals surface area contributed by atoms with Crippen LogP contribution in [-0.4, -0.2) is 36.3 Å². The maximum Gasteiger partial charge on any atom is 0.419 e. The van der Waals surface area contributed by atoms with Crippen molar-refractivity contribution >= 4 is 27.0 Å². The van der Waals surface area contributed by atoms with E-state index in [1.165, 1.54) is 21.0 Å². The van der Waals surface area contributed by atoms with Gasteiger partial charge in [-0.25, -0.2) is 13.2 Å². The molecule has 1 aromatic heterocycles. The van der Waals surface area contributed by atoms with Crippen LogP contribution >= 0.6 is 0 Å². The van der Waals surface area contributed by atoms with Gasteiger partial charge in [0.15, 0.2) is 5.58 Å². The van der Waals surface area contributed by atoms with Crippen LogP contribution in [0.25, 0.3) is 11.1 Å². The molecule has 1 saturated heterocycles. The van der Waals surface area contributed by atoms with Gasteiger partial charge in [0.05, 0.1) is 16.5 Å². The van der Waals surface area contributed by atoms with E-state index < -0.39 is 15.8 Å². The molecule has 1 N–H and O–H groups in total. The topological polar surface area (TPSA) is 102 Å². The lowest BCUT2D eigenvalue weighted by Crippen LogP contribution is -2.43. The number of aryl methyl sites for hydroxylation is 1. The summed E-state index contributed by atoms with van der Waals surface area (Å²) in [4.78, 5) is 24.4. The first kappa shape index (κ1) is 21.3. The van der Waals surface area contributed by atoms with Crippen molar-refractivity contribution in [3.05, 3.63) is 64.6 Å². The van der Waals surface area contributed by atoms with Crippen molar-refractivity contribution in [2.45, 2.75) is 30.7 Å². The van der Waals surface area contributed by atoms with Gasteiger partial charge in [-0.2, -0.15) is 4.31 Å². The molecule has 164 valence electrons. The second-order valence-corrected chi connectivity index (χ2v) is 9.81. The third-order valence-electron chi connectivity index (χ3n) is 5.88. The van der Waals surface area contributed by atoms with Gasteiger partial charge in [-0.3, -0.25) is 9.36 Å². The Labute approximate surface area is 180 Å². The second-order valence-electron chi connectivity index (χ2n) is 7.88. The van der Waals surface area contributed by atoms with Crippen molar-refractivity contribution in [2.24, 2.45) is 13.0 Å². The molecule has 0 aliphatic carbocycles. The minimum absolute atomic E-state index is 0.0547. The first-order valence-corrected chi connectivity index (χ1v) is 11.7. The molecule has 0 saturated carbocycles. The molecule has 4 rings (SSSR count). The van der Waals surface area contributed by atoms with Gasteiger partial charge >= 0.3 is 5.76 Å². The van der Waals surface area contributed by atoms with Crippen molar-refractivity contribution < 1.29 is 17.6 Å². The number of fused-ring (bicyclic) bond motifs is 1. The van der Waals surface area contributed by atoms with Crippen molar-refractivity contribution in [3.8, 4) is 0 Å². The summed E-state index contributed by atoms with van der Waals surface area (Å²) >= 11 is 0. The van der Waals surface area contributed by atoms with Gasteiger partial charge in [-0.1, -0.05) is 30.3 Å². The average molecular weight is 444 g/mol. The Hall–Kier alpha value is -2.91. The molecular formula is C22H25N3O5S. The third kappa shape index (κ3) is 4.15. The summed E-state index contributed by atoms with van der Waals surface area (Å²) < 4.78 is 34.0. The van der Waals surface area contributed by atoms with Gasteiger partial charge in [0.1, 0.15) is 0 Å². The first-order valence-electron chi connectivity index (χ1n) is 10.2. The highest BCUT2D eigenvalue weighted by molar-refractivity contribution is 7.89. The number of carbonyl (C=O) groups excluding carboxylic acids is 1. The zero-order valence-electron chi connectivity index (χ0n) is 17.4. The molecule has 1 aliphatic rings. The molecule has 0 spiro atoms. The minimum Gasteiger partial charge on any atom is -0.408 e. The standard InChI is InChI=1S/C22H25N3O5S/c1-15(16-6-4-3-5-7-16)23-21(26)17-10-12-25(13-11-17)31(28,29)18-8-9-19-20(14-18)30-22(27)24(19)2/h3-9,14-15,17H,10-13H2,1-2H3,(H,23,26)/t15-/m0/s1. The molecule has 0 unspecified atom stereocenters. The van der Waals surface area contributed by atoms with E-state index in [9.17, 15) is 18.0 Å². The van der Waals surface area contributed by atoms with Gasteiger partial charge in [0, 0.05) is 32.1 Å². The molecule has 0 bridgehead atoms. The van der Waals surface area contributed by atoms with Gasteiger partial charge in [-0.15, -0.1) is 0 Å². The summed E-state index contributed by atoms with van der Waals surface area (Å²) in [5.41, 5.74) is 1.79. The van der Waals surface area contributed by atoms with Crippen molar-refractivity contribution in [1.29, 1.82) is 0 Å². The van der Waals surface area contributed by atoms with E-state index in [0.717, 1.165) is 5.56 Å². The van der Waals surface area contributed by atoms with E-state index in [1.54, 1.807) is 13.1 Å². The number of rotatable bonds is 5. The SMILES string of the molecule is C[C@H](NC(=O)C1CCN(S(=O)(=O)c2ccc3c(c2)oc(=O)n3C)CC1)c1ccccc1. The number of hydrogen-bond acceptors (Lipinski definition) is 5. The number of oxazole rings is 1. The Bertz CT molecular complexity index is 1260. The summed E-state index contributed by atoms with van der Waals surface area (Å²) in [6.07, 6.45) is 0.907. The van der Waals surface area contributed by atoms with Gasteiger partial charge < -0.3 is 9.73 Å². The number of benzene rings is 2. The van der Waals surface area contributed by atoms with Gasteiger partial charge in [0.25, 0.3) is 0 Å². The molecule has 31 heavy (non-hydrogen) atoms. The fourth-order valence-corrected chi connectivity index (χ4v) is 5.42. The lowest BCUT2D eigenvalue weighted by molar-refractivity contribution is -0.126. The number of sulfonamides is 1. The van der Waals surface area contributed by atoms with Crippen LogP contribution in [-0.2, 0) is 21.9 Å². The van der Waals surface area contributed by atoms with Crippen molar-refractivity contribution in [1.82, 2.24) is 14.2 Å². The van der Waals surface area contributed by atoms with E-state index in [-0.39, 0.29) is 41.4 Å². The number of nitrogens with one attached hydrogen (secondary N) is 1. The molecule has 1 aliphatic heterocycles. The van der Waals surface area contributed by atoms with Crippen LogP contribution in [0.3, 0.4) is 0 Å². The normalized spacial score (nSPS) is 17.0. The summed E-state index contributed by atoms with van der Waals surface area (Å²) in [6, 6.07) is 14.0. The Balaban J connectivity index is 1.42. The van der Waals surface area contributed by atoms with Crippen LogP contribution in [0, 0.1) is 5.92 Å². The molecule has 9 heteroatoms.